The van der Waals surface area contributed by atoms with Crippen LogP contribution in [0.25, 0.3) is 11.2 Å². The maximum absolute atomic E-state index is 12.7. The molecular formula is C19H19ClN4O2. The molecule has 0 bridgehead atoms. The van der Waals surface area contributed by atoms with Crippen LogP contribution < -0.4 is 4.90 Å². The van der Waals surface area contributed by atoms with E-state index in [0.29, 0.717) is 36.3 Å². The molecule has 0 atom stereocenters. The summed E-state index contributed by atoms with van der Waals surface area (Å²) >= 11 is 6.18. The lowest BCUT2D eigenvalue weighted by atomic mass is 10.1. The first-order valence-corrected chi connectivity index (χ1v) is 9.06. The number of nitrogens with zero attached hydrogens (tertiary/aromatic N) is 4. The molecular weight excluding hydrogens is 352 g/mol. The van der Waals surface area contributed by atoms with Crippen molar-refractivity contribution in [2.45, 2.75) is 12.8 Å². The molecule has 0 aliphatic carbocycles. The minimum Gasteiger partial charge on any atom is -0.404 e. The smallest absolute Gasteiger partial charge is 0.299 e. The van der Waals surface area contributed by atoms with Gasteiger partial charge in [-0.1, -0.05) is 29.8 Å². The van der Waals surface area contributed by atoms with Gasteiger partial charge in [0.2, 0.25) is 11.6 Å². The third-order valence-corrected chi connectivity index (χ3v) is 4.94. The maximum atomic E-state index is 12.7. The fraction of sp³-hybridized carbons (Fsp3) is 0.316. The molecule has 134 valence electrons. The highest BCUT2D eigenvalue weighted by Crippen LogP contribution is 2.22. The molecule has 2 aromatic heterocycles. The average molecular weight is 371 g/mol. The average Bonchev–Trinajstić information content (AvgIpc) is 2.92. The van der Waals surface area contributed by atoms with Crippen LogP contribution in [0.5, 0.6) is 0 Å². The molecule has 1 amide bonds. The van der Waals surface area contributed by atoms with Crippen molar-refractivity contribution >= 4 is 34.8 Å². The molecule has 0 N–H and O–H groups in total. The van der Waals surface area contributed by atoms with Crippen molar-refractivity contribution in [3.05, 3.63) is 53.2 Å². The number of anilines is 1. The van der Waals surface area contributed by atoms with E-state index in [4.69, 9.17) is 16.0 Å². The number of carbonyl (C=O) groups excluding carboxylic acids is 1. The van der Waals surface area contributed by atoms with Gasteiger partial charge in [0.25, 0.3) is 6.01 Å². The van der Waals surface area contributed by atoms with Crippen LogP contribution in [0.15, 0.2) is 47.0 Å². The van der Waals surface area contributed by atoms with Crippen molar-refractivity contribution in [3.8, 4) is 0 Å². The summed E-state index contributed by atoms with van der Waals surface area (Å²) < 4.78 is 5.75. The van der Waals surface area contributed by atoms with Crippen molar-refractivity contribution in [2.75, 3.05) is 31.1 Å². The van der Waals surface area contributed by atoms with Crippen molar-refractivity contribution in [2.24, 2.45) is 0 Å². The number of amides is 1. The normalized spacial score (nSPS) is 15.3. The third kappa shape index (κ3) is 3.51. The molecule has 0 saturated carbocycles. The van der Waals surface area contributed by atoms with E-state index in [0.717, 1.165) is 30.6 Å². The van der Waals surface area contributed by atoms with Gasteiger partial charge in [-0.15, -0.1) is 0 Å². The van der Waals surface area contributed by atoms with E-state index in [9.17, 15) is 4.79 Å². The van der Waals surface area contributed by atoms with Gasteiger partial charge in [0.1, 0.15) is 5.52 Å². The number of halogens is 1. The molecule has 1 aliphatic heterocycles. The van der Waals surface area contributed by atoms with Crippen molar-refractivity contribution in [1.82, 2.24) is 14.9 Å². The molecule has 1 fully saturated rings. The highest BCUT2D eigenvalue weighted by molar-refractivity contribution is 6.31. The molecule has 0 radical (unpaired) electrons. The molecule has 0 unspecified atom stereocenters. The van der Waals surface area contributed by atoms with Crippen LogP contribution in [0.4, 0.5) is 6.01 Å². The number of oxazole rings is 1. The van der Waals surface area contributed by atoms with E-state index in [1.165, 1.54) is 0 Å². The zero-order valence-electron chi connectivity index (χ0n) is 14.3. The van der Waals surface area contributed by atoms with Gasteiger partial charge >= 0.3 is 0 Å². The number of benzene rings is 1. The topological polar surface area (TPSA) is 62.5 Å². The van der Waals surface area contributed by atoms with E-state index in [1.54, 1.807) is 6.20 Å². The van der Waals surface area contributed by atoms with Crippen LogP contribution in [0.2, 0.25) is 5.02 Å². The lowest BCUT2D eigenvalue weighted by Crippen LogP contribution is -2.36. The SMILES string of the molecule is O=C(Cc1ccccc1Cl)N1CCCN(c2nc3cccnc3o2)CC1. The molecule has 4 rings (SSSR count). The van der Waals surface area contributed by atoms with Crippen molar-refractivity contribution in [3.63, 3.8) is 0 Å². The van der Waals surface area contributed by atoms with Crippen molar-refractivity contribution < 1.29 is 9.21 Å². The zero-order valence-corrected chi connectivity index (χ0v) is 15.0. The summed E-state index contributed by atoms with van der Waals surface area (Å²) in [6.45, 7) is 2.83. The van der Waals surface area contributed by atoms with Crippen molar-refractivity contribution in [1.29, 1.82) is 0 Å². The number of rotatable bonds is 3. The number of pyridine rings is 1. The van der Waals surface area contributed by atoms with Crippen LogP contribution in [0, 0.1) is 0 Å². The summed E-state index contributed by atoms with van der Waals surface area (Å²) in [5.41, 5.74) is 2.15. The predicted octanol–water partition coefficient (Wildman–Crippen LogP) is 3.16. The van der Waals surface area contributed by atoms with E-state index in [-0.39, 0.29) is 5.91 Å². The Hall–Kier alpha value is -2.60. The molecule has 6 nitrogen and oxygen atoms in total. The number of hydrogen-bond donors (Lipinski definition) is 0. The van der Waals surface area contributed by atoms with Gasteiger partial charge in [-0.05, 0) is 30.2 Å². The fourth-order valence-electron chi connectivity index (χ4n) is 3.17. The number of fused-ring (bicyclic) bond motifs is 1. The minimum atomic E-state index is 0.0965. The Morgan fingerprint density at radius 3 is 2.85 bits per heavy atom. The van der Waals surface area contributed by atoms with E-state index in [1.807, 2.05) is 41.3 Å². The van der Waals surface area contributed by atoms with Crippen LogP contribution in [0.1, 0.15) is 12.0 Å². The monoisotopic (exact) mass is 370 g/mol. The fourth-order valence-corrected chi connectivity index (χ4v) is 3.37. The summed E-state index contributed by atoms with van der Waals surface area (Å²) in [6, 6.07) is 11.8. The Kier molecular flexibility index (Phi) is 4.75. The van der Waals surface area contributed by atoms with Crippen LogP contribution in [-0.4, -0.2) is 47.0 Å². The van der Waals surface area contributed by atoms with Gasteiger partial charge in [0, 0.05) is 37.4 Å². The number of hydrogen-bond acceptors (Lipinski definition) is 5. The van der Waals surface area contributed by atoms with E-state index >= 15 is 0 Å². The molecule has 3 heterocycles. The van der Waals surface area contributed by atoms with Gasteiger partial charge < -0.3 is 14.2 Å². The predicted molar refractivity (Wildman–Crippen MR) is 100 cm³/mol. The third-order valence-electron chi connectivity index (χ3n) is 4.57. The highest BCUT2D eigenvalue weighted by Gasteiger charge is 2.22. The van der Waals surface area contributed by atoms with Gasteiger partial charge in [-0.25, -0.2) is 4.98 Å². The first-order chi connectivity index (χ1) is 12.7. The van der Waals surface area contributed by atoms with Crippen LogP contribution in [-0.2, 0) is 11.2 Å². The van der Waals surface area contributed by atoms with Gasteiger partial charge in [-0.2, -0.15) is 4.98 Å². The second kappa shape index (κ2) is 7.33. The Bertz CT molecular complexity index is 894. The summed E-state index contributed by atoms with van der Waals surface area (Å²) in [7, 11) is 0. The minimum absolute atomic E-state index is 0.0965. The standard InChI is InChI=1S/C19H19ClN4O2/c20-15-6-2-1-5-14(15)13-17(25)23-9-4-10-24(12-11-23)19-22-16-7-3-8-21-18(16)26-19/h1-3,5-8H,4,9-13H2. The quantitative estimate of drug-likeness (QED) is 0.708. The summed E-state index contributed by atoms with van der Waals surface area (Å²) in [5.74, 6) is 0.0965. The summed E-state index contributed by atoms with van der Waals surface area (Å²) in [6.07, 6.45) is 2.88. The second-order valence-corrected chi connectivity index (χ2v) is 6.72. The first kappa shape index (κ1) is 16.8. The molecule has 1 aliphatic rings. The Balaban J connectivity index is 1.43. The van der Waals surface area contributed by atoms with E-state index in [2.05, 4.69) is 14.9 Å². The Morgan fingerprint density at radius 2 is 2.00 bits per heavy atom. The molecule has 1 aromatic carbocycles. The zero-order chi connectivity index (χ0) is 17.9. The second-order valence-electron chi connectivity index (χ2n) is 6.31. The maximum Gasteiger partial charge on any atom is 0.299 e. The summed E-state index contributed by atoms with van der Waals surface area (Å²) in [5, 5.41) is 0.635. The van der Waals surface area contributed by atoms with Gasteiger partial charge in [-0.3, -0.25) is 4.79 Å². The summed E-state index contributed by atoms with van der Waals surface area (Å²) in [4.78, 5) is 25.3. The Morgan fingerprint density at radius 1 is 1.12 bits per heavy atom. The van der Waals surface area contributed by atoms with Gasteiger partial charge in [0.05, 0.1) is 6.42 Å². The molecule has 26 heavy (non-hydrogen) atoms. The van der Waals surface area contributed by atoms with E-state index < -0.39 is 0 Å². The Labute approximate surface area is 156 Å². The number of carbonyl (C=O) groups is 1. The largest absolute Gasteiger partial charge is 0.404 e. The highest BCUT2D eigenvalue weighted by atomic mass is 35.5. The van der Waals surface area contributed by atoms with Crippen LogP contribution >= 0.6 is 11.6 Å². The first-order valence-electron chi connectivity index (χ1n) is 8.68. The molecule has 0 spiro atoms. The number of aromatic nitrogens is 2. The molecule has 7 heteroatoms. The van der Waals surface area contributed by atoms with Gasteiger partial charge in [0.15, 0.2) is 0 Å². The lowest BCUT2D eigenvalue weighted by molar-refractivity contribution is -0.130. The van der Waals surface area contributed by atoms with Crippen LogP contribution in [0.3, 0.4) is 0 Å². The molecule has 1 saturated heterocycles. The lowest BCUT2D eigenvalue weighted by Gasteiger charge is -2.21. The molecule has 3 aromatic rings.